The molecule has 0 saturated carbocycles. The minimum atomic E-state index is 0.552. The van der Waals surface area contributed by atoms with E-state index in [4.69, 9.17) is 4.74 Å². The molecule has 0 aliphatic heterocycles. The summed E-state index contributed by atoms with van der Waals surface area (Å²) < 4.78 is 5.38. The number of ether oxygens (including phenoxy) is 1. The number of aryl methyl sites for hydroxylation is 1. The fourth-order valence-corrected chi connectivity index (χ4v) is 1.43. The van der Waals surface area contributed by atoms with Crippen LogP contribution in [0.15, 0.2) is 18.2 Å². The van der Waals surface area contributed by atoms with Crippen LogP contribution in [0.2, 0.25) is 0 Å². The Morgan fingerprint density at radius 2 is 2.00 bits per heavy atom. The SMILES string of the molecule is COc1cc(C)ccc1CN(C)C(C)C. The highest BCUT2D eigenvalue weighted by Gasteiger charge is 2.08. The van der Waals surface area contributed by atoms with Crippen molar-refractivity contribution in [2.45, 2.75) is 33.4 Å². The topological polar surface area (TPSA) is 12.5 Å². The maximum absolute atomic E-state index is 5.38. The van der Waals surface area contributed by atoms with Crippen LogP contribution >= 0.6 is 0 Å². The lowest BCUT2D eigenvalue weighted by atomic mass is 10.1. The van der Waals surface area contributed by atoms with Crippen molar-refractivity contribution in [2.75, 3.05) is 14.2 Å². The molecule has 0 fully saturated rings. The normalized spacial score (nSPS) is 11.1. The van der Waals surface area contributed by atoms with Gasteiger partial charge in [-0.3, -0.25) is 4.90 Å². The van der Waals surface area contributed by atoms with Crippen LogP contribution in [-0.2, 0) is 6.54 Å². The van der Waals surface area contributed by atoms with Gasteiger partial charge in [-0.05, 0) is 39.4 Å². The minimum absolute atomic E-state index is 0.552. The van der Waals surface area contributed by atoms with Gasteiger partial charge < -0.3 is 4.74 Å². The molecule has 0 aliphatic rings. The largest absolute Gasteiger partial charge is 0.496 e. The molecule has 0 unspecified atom stereocenters. The van der Waals surface area contributed by atoms with E-state index in [0.717, 1.165) is 12.3 Å². The van der Waals surface area contributed by atoms with Gasteiger partial charge in [-0.25, -0.2) is 0 Å². The Hall–Kier alpha value is -1.02. The van der Waals surface area contributed by atoms with Crippen LogP contribution in [-0.4, -0.2) is 25.1 Å². The van der Waals surface area contributed by atoms with Crippen molar-refractivity contribution >= 4 is 0 Å². The molecule has 0 N–H and O–H groups in total. The van der Waals surface area contributed by atoms with E-state index in [2.05, 4.69) is 50.9 Å². The van der Waals surface area contributed by atoms with Crippen molar-refractivity contribution < 1.29 is 4.74 Å². The first kappa shape index (κ1) is 12.1. The first-order valence-electron chi connectivity index (χ1n) is 5.38. The Balaban J connectivity index is 2.84. The summed E-state index contributed by atoms with van der Waals surface area (Å²) in [5, 5.41) is 0. The molecule has 0 aliphatic carbocycles. The highest BCUT2D eigenvalue weighted by atomic mass is 16.5. The zero-order valence-corrected chi connectivity index (χ0v) is 10.4. The third-order valence-electron chi connectivity index (χ3n) is 2.74. The van der Waals surface area contributed by atoms with Crippen molar-refractivity contribution in [1.82, 2.24) is 4.90 Å². The van der Waals surface area contributed by atoms with Gasteiger partial charge in [0.05, 0.1) is 7.11 Å². The van der Waals surface area contributed by atoms with Crippen LogP contribution < -0.4 is 4.74 Å². The smallest absolute Gasteiger partial charge is 0.123 e. The zero-order chi connectivity index (χ0) is 11.4. The van der Waals surface area contributed by atoms with Crippen molar-refractivity contribution in [2.24, 2.45) is 0 Å². The first-order valence-corrected chi connectivity index (χ1v) is 5.38. The summed E-state index contributed by atoms with van der Waals surface area (Å²) in [6, 6.07) is 6.92. The number of nitrogens with zero attached hydrogens (tertiary/aromatic N) is 1. The van der Waals surface area contributed by atoms with E-state index in [1.54, 1.807) is 7.11 Å². The summed E-state index contributed by atoms with van der Waals surface area (Å²) >= 11 is 0. The molecule has 2 heteroatoms. The first-order chi connectivity index (χ1) is 7.04. The van der Waals surface area contributed by atoms with Crippen LogP contribution in [0.5, 0.6) is 5.75 Å². The van der Waals surface area contributed by atoms with E-state index in [-0.39, 0.29) is 0 Å². The molecule has 0 radical (unpaired) electrons. The van der Waals surface area contributed by atoms with Gasteiger partial charge in [-0.2, -0.15) is 0 Å². The number of hydrogen-bond donors (Lipinski definition) is 0. The van der Waals surface area contributed by atoms with E-state index in [0.29, 0.717) is 6.04 Å². The Kier molecular flexibility index (Phi) is 4.15. The summed E-state index contributed by atoms with van der Waals surface area (Å²) in [7, 11) is 3.86. The number of methoxy groups -OCH3 is 1. The van der Waals surface area contributed by atoms with Crippen molar-refractivity contribution in [3.63, 3.8) is 0 Å². The highest BCUT2D eigenvalue weighted by Crippen LogP contribution is 2.21. The third-order valence-corrected chi connectivity index (χ3v) is 2.74. The summed E-state index contributed by atoms with van der Waals surface area (Å²) in [6.07, 6.45) is 0. The number of hydrogen-bond acceptors (Lipinski definition) is 2. The van der Waals surface area contributed by atoms with Gasteiger partial charge in [0.15, 0.2) is 0 Å². The van der Waals surface area contributed by atoms with E-state index in [1.807, 2.05) is 0 Å². The monoisotopic (exact) mass is 207 g/mol. The van der Waals surface area contributed by atoms with Crippen LogP contribution in [0.25, 0.3) is 0 Å². The Labute approximate surface area is 92.9 Å². The molecule has 15 heavy (non-hydrogen) atoms. The van der Waals surface area contributed by atoms with Gasteiger partial charge in [-0.1, -0.05) is 12.1 Å². The van der Waals surface area contributed by atoms with Crippen LogP contribution in [0.1, 0.15) is 25.0 Å². The fraction of sp³-hybridized carbons (Fsp3) is 0.538. The van der Waals surface area contributed by atoms with Gasteiger partial charge in [0.2, 0.25) is 0 Å². The molecule has 0 amide bonds. The van der Waals surface area contributed by atoms with Gasteiger partial charge >= 0.3 is 0 Å². The molecule has 2 nitrogen and oxygen atoms in total. The Morgan fingerprint density at radius 3 is 2.53 bits per heavy atom. The molecule has 1 aromatic carbocycles. The van der Waals surface area contributed by atoms with Gasteiger partial charge in [-0.15, -0.1) is 0 Å². The molecule has 84 valence electrons. The average Bonchev–Trinajstić information content (AvgIpc) is 2.20. The Bertz CT molecular complexity index is 320. The van der Waals surface area contributed by atoms with E-state index in [1.165, 1.54) is 11.1 Å². The lowest BCUT2D eigenvalue weighted by Gasteiger charge is -2.22. The van der Waals surface area contributed by atoms with Crippen molar-refractivity contribution in [3.8, 4) is 5.75 Å². The molecule has 1 rings (SSSR count). The summed E-state index contributed by atoms with van der Waals surface area (Å²) in [6.45, 7) is 7.40. The van der Waals surface area contributed by atoms with Crippen LogP contribution in [0, 0.1) is 6.92 Å². The molecule has 0 spiro atoms. The highest BCUT2D eigenvalue weighted by molar-refractivity contribution is 5.37. The molecule has 0 saturated heterocycles. The summed E-state index contributed by atoms with van der Waals surface area (Å²) in [5.74, 6) is 0.988. The molecular formula is C13H21NO. The number of rotatable bonds is 4. The van der Waals surface area contributed by atoms with Gasteiger partial charge in [0, 0.05) is 18.2 Å². The standard InChI is InChI=1S/C13H21NO/c1-10(2)14(4)9-12-7-6-11(3)8-13(12)15-5/h6-8,10H,9H2,1-5H3. The zero-order valence-electron chi connectivity index (χ0n) is 10.4. The second kappa shape index (κ2) is 5.17. The van der Waals surface area contributed by atoms with E-state index in [9.17, 15) is 0 Å². The molecular weight excluding hydrogens is 186 g/mol. The second-order valence-corrected chi connectivity index (χ2v) is 4.32. The predicted octanol–water partition coefficient (Wildman–Crippen LogP) is 2.84. The van der Waals surface area contributed by atoms with Gasteiger partial charge in [0.1, 0.15) is 5.75 Å². The predicted molar refractivity (Wildman–Crippen MR) is 64.3 cm³/mol. The summed E-state index contributed by atoms with van der Waals surface area (Å²) in [4.78, 5) is 2.30. The molecule has 0 aromatic heterocycles. The molecule has 1 aromatic rings. The van der Waals surface area contributed by atoms with Gasteiger partial charge in [0.25, 0.3) is 0 Å². The Morgan fingerprint density at radius 1 is 1.33 bits per heavy atom. The quantitative estimate of drug-likeness (QED) is 0.752. The minimum Gasteiger partial charge on any atom is -0.496 e. The maximum atomic E-state index is 5.38. The van der Waals surface area contributed by atoms with E-state index < -0.39 is 0 Å². The maximum Gasteiger partial charge on any atom is 0.123 e. The third kappa shape index (κ3) is 3.24. The van der Waals surface area contributed by atoms with Crippen molar-refractivity contribution in [3.05, 3.63) is 29.3 Å². The number of benzene rings is 1. The molecule has 0 bridgehead atoms. The lowest BCUT2D eigenvalue weighted by molar-refractivity contribution is 0.261. The molecule has 0 atom stereocenters. The average molecular weight is 207 g/mol. The van der Waals surface area contributed by atoms with E-state index >= 15 is 0 Å². The fourth-order valence-electron chi connectivity index (χ4n) is 1.43. The van der Waals surface area contributed by atoms with Crippen LogP contribution in [0.4, 0.5) is 0 Å². The van der Waals surface area contributed by atoms with Crippen LogP contribution in [0.3, 0.4) is 0 Å². The van der Waals surface area contributed by atoms with Crippen molar-refractivity contribution in [1.29, 1.82) is 0 Å². The second-order valence-electron chi connectivity index (χ2n) is 4.32. The summed E-state index contributed by atoms with van der Waals surface area (Å²) in [5.41, 5.74) is 2.49. The lowest BCUT2D eigenvalue weighted by Crippen LogP contribution is -2.25. The molecule has 0 heterocycles.